The molecule has 286 valence electrons. The number of nitrogens with zero attached hydrogens (tertiary/aromatic N) is 6. The SMILES string of the molecule is COc1ccc(Cn2cc(Cl)cc(NC(c3ccc(C)cc3)c3c(C(=O)O)nn(-c4cnc(N(C)C(O)OC(C)(C)C)nc4OC)c3C(C)C)c2=O)cc1. The van der Waals surface area contributed by atoms with Crippen LogP contribution in [0.25, 0.3) is 5.69 Å². The highest BCUT2D eigenvalue weighted by atomic mass is 35.5. The fraction of sp³-hybridized carbons (Fsp3) is 0.359. The molecule has 0 aliphatic rings. The van der Waals surface area contributed by atoms with Gasteiger partial charge in [0, 0.05) is 18.8 Å². The normalized spacial score (nSPS) is 12.7. The van der Waals surface area contributed by atoms with Gasteiger partial charge in [0.2, 0.25) is 18.2 Å². The van der Waals surface area contributed by atoms with Crippen LogP contribution in [0.5, 0.6) is 11.6 Å². The van der Waals surface area contributed by atoms with Crippen LogP contribution in [0.15, 0.2) is 71.8 Å². The quantitative estimate of drug-likeness (QED) is 0.107. The van der Waals surface area contributed by atoms with E-state index in [9.17, 15) is 19.8 Å². The first kappa shape index (κ1) is 39.8. The summed E-state index contributed by atoms with van der Waals surface area (Å²) < 4.78 is 19.6. The van der Waals surface area contributed by atoms with Gasteiger partial charge in [0.25, 0.3) is 5.56 Å². The molecule has 0 saturated heterocycles. The number of methoxy groups -OCH3 is 2. The molecule has 0 amide bonds. The summed E-state index contributed by atoms with van der Waals surface area (Å²) in [5.41, 5.74) is 2.48. The number of benzene rings is 2. The molecule has 3 heterocycles. The Morgan fingerprint density at radius 1 is 1.06 bits per heavy atom. The number of nitrogens with one attached hydrogen (secondary N) is 1. The molecule has 5 rings (SSSR count). The van der Waals surface area contributed by atoms with Crippen LogP contribution in [0.4, 0.5) is 11.6 Å². The van der Waals surface area contributed by atoms with Crippen LogP contribution in [-0.2, 0) is 11.3 Å². The Morgan fingerprint density at radius 3 is 2.30 bits per heavy atom. The fourth-order valence-electron chi connectivity index (χ4n) is 5.92. The van der Waals surface area contributed by atoms with Crippen molar-refractivity contribution in [1.82, 2.24) is 24.3 Å². The van der Waals surface area contributed by atoms with Crippen molar-refractivity contribution in [3.05, 3.63) is 116 Å². The molecule has 0 fully saturated rings. The van der Waals surface area contributed by atoms with Crippen molar-refractivity contribution >= 4 is 29.2 Å². The summed E-state index contributed by atoms with van der Waals surface area (Å²) in [7, 11) is 4.57. The second-order valence-electron chi connectivity index (χ2n) is 14.1. The molecule has 54 heavy (non-hydrogen) atoms. The van der Waals surface area contributed by atoms with Crippen LogP contribution in [-0.4, -0.2) is 73.8 Å². The van der Waals surface area contributed by atoms with Gasteiger partial charge in [-0.3, -0.25) is 9.69 Å². The van der Waals surface area contributed by atoms with E-state index in [1.165, 1.54) is 33.5 Å². The topological polar surface area (TPSA) is 166 Å². The molecule has 5 aromatic rings. The van der Waals surface area contributed by atoms with E-state index in [1.54, 1.807) is 41.1 Å². The summed E-state index contributed by atoms with van der Waals surface area (Å²) in [6.07, 6.45) is 1.64. The van der Waals surface area contributed by atoms with E-state index < -0.39 is 24.0 Å². The Morgan fingerprint density at radius 2 is 1.72 bits per heavy atom. The molecule has 0 saturated carbocycles. The van der Waals surface area contributed by atoms with Gasteiger partial charge in [-0.1, -0.05) is 67.4 Å². The maximum Gasteiger partial charge on any atom is 0.356 e. The van der Waals surface area contributed by atoms with Gasteiger partial charge in [-0.2, -0.15) is 10.1 Å². The molecule has 2 unspecified atom stereocenters. The molecule has 3 N–H and O–H groups in total. The number of rotatable bonds is 14. The molecule has 14 nitrogen and oxygen atoms in total. The number of halogens is 1. The van der Waals surface area contributed by atoms with Gasteiger partial charge < -0.3 is 34.3 Å². The molecule has 3 aromatic heterocycles. The maximum atomic E-state index is 14.1. The number of pyridine rings is 1. The summed E-state index contributed by atoms with van der Waals surface area (Å²) in [6.45, 7) is 11.4. The Labute approximate surface area is 318 Å². The van der Waals surface area contributed by atoms with E-state index >= 15 is 0 Å². The lowest BCUT2D eigenvalue weighted by molar-refractivity contribution is -0.163. The Balaban J connectivity index is 1.67. The van der Waals surface area contributed by atoms with E-state index in [2.05, 4.69) is 20.4 Å². The van der Waals surface area contributed by atoms with Crippen LogP contribution in [0.1, 0.15) is 85.0 Å². The molecular weight excluding hydrogens is 714 g/mol. The minimum Gasteiger partial charge on any atom is -0.497 e. The predicted octanol–water partition coefficient (Wildman–Crippen LogP) is 6.40. The van der Waals surface area contributed by atoms with Crippen LogP contribution < -0.4 is 25.2 Å². The first-order valence-electron chi connectivity index (χ1n) is 17.2. The number of hydrogen-bond donors (Lipinski definition) is 3. The molecular formula is C39H46ClN7O7. The number of aliphatic hydroxyl groups excluding tert-OH is 1. The van der Waals surface area contributed by atoms with Gasteiger partial charge in [0.15, 0.2) is 5.69 Å². The van der Waals surface area contributed by atoms with Crippen molar-refractivity contribution in [2.24, 2.45) is 0 Å². The highest BCUT2D eigenvalue weighted by Crippen LogP contribution is 2.38. The zero-order valence-corrected chi connectivity index (χ0v) is 32.5. The van der Waals surface area contributed by atoms with E-state index in [0.717, 1.165) is 11.1 Å². The zero-order chi connectivity index (χ0) is 39.5. The number of ether oxygens (including phenoxy) is 3. The lowest BCUT2D eigenvalue weighted by Crippen LogP contribution is -2.40. The summed E-state index contributed by atoms with van der Waals surface area (Å²) in [5.74, 6) is -0.746. The molecule has 15 heteroatoms. The minimum atomic E-state index is -1.37. The van der Waals surface area contributed by atoms with Gasteiger partial charge >= 0.3 is 5.97 Å². The first-order chi connectivity index (χ1) is 25.5. The standard InChI is InChI=1S/C39H46ClN7O7/c1-22(2)33-30(32(36(49)50)44-47(33)29-19-41-37(43-34(29)53-9)45(7)38(51)54-39(4,5)6)31(25-14-10-23(3)11-15-25)42-28-18-26(40)21-46(35(28)48)20-24-12-16-27(52-8)17-13-24/h10-19,21-22,31,38,42,51H,20H2,1-9H3,(H,49,50). The molecule has 2 aromatic carbocycles. The monoisotopic (exact) mass is 759 g/mol. The van der Waals surface area contributed by atoms with Gasteiger partial charge in [-0.25, -0.2) is 14.5 Å². The number of aromatic nitrogens is 5. The molecule has 0 radical (unpaired) electrons. The van der Waals surface area contributed by atoms with Gasteiger partial charge in [0.05, 0.1) is 49.3 Å². The van der Waals surface area contributed by atoms with Gasteiger partial charge in [-0.15, -0.1) is 0 Å². The number of aromatic carboxylic acids is 1. The zero-order valence-electron chi connectivity index (χ0n) is 31.8. The highest BCUT2D eigenvalue weighted by Gasteiger charge is 2.34. The smallest absolute Gasteiger partial charge is 0.356 e. The van der Waals surface area contributed by atoms with E-state index in [0.29, 0.717) is 27.6 Å². The second kappa shape index (κ2) is 16.3. The fourth-order valence-corrected chi connectivity index (χ4v) is 6.15. The highest BCUT2D eigenvalue weighted by molar-refractivity contribution is 6.30. The van der Waals surface area contributed by atoms with Crippen LogP contribution in [0, 0.1) is 6.92 Å². The minimum absolute atomic E-state index is 0.0683. The third-order valence-corrected chi connectivity index (χ3v) is 8.73. The summed E-state index contributed by atoms with van der Waals surface area (Å²) in [5, 5.41) is 29.6. The second-order valence-corrected chi connectivity index (χ2v) is 14.5. The average molecular weight is 760 g/mol. The Kier molecular flexibility index (Phi) is 12.0. The number of carbonyl (C=O) groups is 1. The maximum absolute atomic E-state index is 14.1. The van der Waals surface area contributed by atoms with Crippen molar-refractivity contribution < 1.29 is 29.2 Å². The number of carboxylic acids is 1. The van der Waals surface area contributed by atoms with Gasteiger partial charge in [0.1, 0.15) is 17.1 Å². The third-order valence-electron chi connectivity index (χ3n) is 8.52. The van der Waals surface area contributed by atoms with Crippen LogP contribution >= 0.6 is 11.6 Å². The average Bonchev–Trinajstić information content (AvgIpc) is 3.53. The lowest BCUT2D eigenvalue weighted by atomic mass is 9.91. The molecule has 0 bridgehead atoms. The molecule has 0 spiro atoms. The largest absolute Gasteiger partial charge is 0.497 e. The molecule has 2 atom stereocenters. The lowest BCUT2D eigenvalue weighted by Gasteiger charge is -2.30. The summed E-state index contributed by atoms with van der Waals surface area (Å²) in [4.78, 5) is 37.5. The number of anilines is 2. The summed E-state index contributed by atoms with van der Waals surface area (Å²) in [6, 6.07) is 15.6. The number of hydrogen-bond acceptors (Lipinski definition) is 11. The van der Waals surface area contributed by atoms with E-state index in [4.69, 9.17) is 25.8 Å². The third kappa shape index (κ3) is 8.84. The number of aliphatic hydroxyl groups is 1. The molecule has 0 aliphatic carbocycles. The van der Waals surface area contributed by atoms with Crippen molar-refractivity contribution in [3.8, 4) is 17.3 Å². The Bertz CT molecular complexity index is 2160. The van der Waals surface area contributed by atoms with E-state index in [-0.39, 0.29) is 46.9 Å². The van der Waals surface area contributed by atoms with Crippen molar-refractivity contribution in [2.45, 2.75) is 72.1 Å². The van der Waals surface area contributed by atoms with Crippen molar-refractivity contribution in [2.75, 3.05) is 31.5 Å². The van der Waals surface area contributed by atoms with Crippen molar-refractivity contribution in [3.63, 3.8) is 0 Å². The van der Waals surface area contributed by atoms with Crippen LogP contribution in [0.2, 0.25) is 5.02 Å². The first-order valence-corrected chi connectivity index (χ1v) is 17.6. The van der Waals surface area contributed by atoms with E-state index in [1.807, 2.05) is 69.3 Å². The predicted molar refractivity (Wildman–Crippen MR) is 206 cm³/mol. The number of aryl methyl sites for hydroxylation is 1. The van der Waals surface area contributed by atoms with Gasteiger partial charge in [-0.05, 0) is 62.9 Å². The number of carboxylic acid groups (broad SMARTS) is 1. The molecule has 0 aliphatic heterocycles. The Hall–Kier alpha value is -5.44. The van der Waals surface area contributed by atoms with Crippen LogP contribution in [0.3, 0.4) is 0 Å². The summed E-state index contributed by atoms with van der Waals surface area (Å²) >= 11 is 6.61. The van der Waals surface area contributed by atoms with Crippen molar-refractivity contribution in [1.29, 1.82) is 0 Å².